The van der Waals surface area contributed by atoms with Gasteiger partial charge in [-0.2, -0.15) is 13.2 Å². The summed E-state index contributed by atoms with van der Waals surface area (Å²) in [6.07, 6.45) is -3.07. The van der Waals surface area contributed by atoms with E-state index in [0.29, 0.717) is 49.2 Å². The molecule has 206 valence electrons. The highest BCUT2D eigenvalue weighted by molar-refractivity contribution is 5.84. The highest BCUT2D eigenvalue weighted by atomic mass is 19.4. The first-order chi connectivity index (χ1) is 18.0. The van der Waals surface area contributed by atoms with Crippen LogP contribution in [0, 0.1) is 5.82 Å². The van der Waals surface area contributed by atoms with Crippen LogP contribution in [-0.2, 0) is 27.7 Å². The number of benzene rings is 2. The van der Waals surface area contributed by atoms with Gasteiger partial charge in [0.05, 0.1) is 30.9 Å². The molecule has 1 aliphatic carbocycles. The van der Waals surface area contributed by atoms with E-state index in [4.69, 9.17) is 4.74 Å². The molecule has 2 atom stereocenters. The summed E-state index contributed by atoms with van der Waals surface area (Å²) in [5.41, 5.74) is -0.494. The van der Waals surface area contributed by atoms with E-state index in [2.05, 4.69) is 16.0 Å². The van der Waals surface area contributed by atoms with Crippen LogP contribution in [0.15, 0.2) is 42.5 Å². The van der Waals surface area contributed by atoms with Crippen molar-refractivity contribution in [2.24, 2.45) is 0 Å². The zero-order valence-corrected chi connectivity index (χ0v) is 20.7. The van der Waals surface area contributed by atoms with E-state index in [1.165, 1.54) is 18.2 Å². The zero-order chi connectivity index (χ0) is 27.3. The fourth-order valence-corrected chi connectivity index (χ4v) is 4.59. The summed E-state index contributed by atoms with van der Waals surface area (Å²) in [5, 5.41) is 19.5. The molecule has 38 heavy (non-hydrogen) atoms. The number of carbonyl (C=O) groups excluding carboxylic acids is 2. The second-order valence-corrected chi connectivity index (χ2v) is 9.86. The molecule has 2 aromatic rings. The first-order valence-corrected chi connectivity index (χ1v) is 12.6. The number of aliphatic hydroxyl groups excluding tert-OH is 1. The van der Waals surface area contributed by atoms with Crippen LogP contribution >= 0.6 is 0 Å². The number of hydrogen-bond donors (Lipinski definition) is 4. The Hall–Kier alpha value is -3.18. The molecule has 2 amide bonds. The molecule has 0 saturated heterocycles. The predicted octanol–water partition coefficient (Wildman–Crippen LogP) is 3.19. The van der Waals surface area contributed by atoms with Crippen molar-refractivity contribution in [2.75, 3.05) is 19.7 Å². The lowest BCUT2D eigenvalue weighted by Gasteiger charge is -2.27. The lowest BCUT2D eigenvalue weighted by molar-refractivity contribution is -0.137. The third-order valence-electron chi connectivity index (χ3n) is 6.85. The Kier molecular flexibility index (Phi) is 8.57. The van der Waals surface area contributed by atoms with Crippen molar-refractivity contribution in [1.82, 2.24) is 16.0 Å². The Morgan fingerprint density at radius 1 is 1.11 bits per heavy atom. The van der Waals surface area contributed by atoms with Gasteiger partial charge in [0.1, 0.15) is 11.6 Å². The Morgan fingerprint density at radius 3 is 2.63 bits per heavy atom. The van der Waals surface area contributed by atoms with Gasteiger partial charge >= 0.3 is 6.18 Å². The second-order valence-electron chi connectivity index (χ2n) is 9.86. The van der Waals surface area contributed by atoms with Crippen molar-refractivity contribution in [2.45, 2.75) is 62.4 Å². The Labute approximate surface area is 217 Å². The number of aliphatic hydroxyl groups is 1. The molecule has 0 radical (unpaired) electrons. The van der Waals surface area contributed by atoms with Crippen LogP contribution in [0.25, 0.3) is 0 Å². The number of halogens is 4. The van der Waals surface area contributed by atoms with E-state index in [1.807, 2.05) is 0 Å². The van der Waals surface area contributed by atoms with Gasteiger partial charge in [-0.3, -0.25) is 9.59 Å². The van der Waals surface area contributed by atoms with Crippen molar-refractivity contribution in [3.63, 3.8) is 0 Å². The lowest BCUT2D eigenvalue weighted by atomic mass is 9.98. The summed E-state index contributed by atoms with van der Waals surface area (Å²) in [6.45, 7) is -0.0261. The van der Waals surface area contributed by atoms with Crippen LogP contribution in [0.2, 0.25) is 0 Å². The SMILES string of the molecule is O=C1CCCCOc2cc(F)cc(c2)CC(C(O)CNC2(c3cccc(C(F)(F)F)c3)CC2)NC(=O)CN1. The molecule has 4 rings (SSSR count). The molecule has 2 unspecified atom stereocenters. The standard InChI is InChI=1S/C27H31F4N3O4/c28-20-10-17-11-21(14-20)38-9-2-1-6-24(36)32-16-25(37)34-22(12-17)23(35)15-33-26(7-8-26)18-4-3-5-19(13-18)27(29,30)31/h3-5,10-11,13-14,22-23,33,35H,1-2,6-9,12,15-16H2,(H,32,36)(H,34,37). The van der Waals surface area contributed by atoms with E-state index in [0.717, 1.165) is 12.1 Å². The average Bonchev–Trinajstić information content (AvgIpc) is 3.65. The molecule has 1 saturated carbocycles. The van der Waals surface area contributed by atoms with Crippen LogP contribution in [0.5, 0.6) is 5.75 Å². The fourth-order valence-electron chi connectivity index (χ4n) is 4.59. The van der Waals surface area contributed by atoms with Crippen LogP contribution in [-0.4, -0.2) is 48.8 Å². The van der Waals surface area contributed by atoms with Gasteiger partial charge in [-0.15, -0.1) is 0 Å². The van der Waals surface area contributed by atoms with Crippen LogP contribution in [0.4, 0.5) is 17.6 Å². The third kappa shape index (κ3) is 7.44. The van der Waals surface area contributed by atoms with Gasteiger partial charge < -0.3 is 25.8 Å². The topological polar surface area (TPSA) is 99.7 Å². The Morgan fingerprint density at radius 2 is 1.89 bits per heavy atom. The predicted molar refractivity (Wildman–Crippen MR) is 131 cm³/mol. The molecular weight excluding hydrogens is 506 g/mol. The average molecular weight is 538 g/mol. The summed E-state index contributed by atoms with van der Waals surface area (Å²) in [7, 11) is 0. The Balaban J connectivity index is 1.50. The number of carbonyl (C=O) groups is 2. The van der Waals surface area contributed by atoms with E-state index < -0.39 is 41.1 Å². The van der Waals surface area contributed by atoms with Gasteiger partial charge in [-0.05, 0) is 67.5 Å². The molecule has 1 heterocycles. The summed E-state index contributed by atoms with van der Waals surface area (Å²) in [6, 6.07) is 8.38. The number of amides is 2. The maximum atomic E-state index is 14.3. The van der Waals surface area contributed by atoms with E-state index >= 15 is 0 Å². The molecule has 2 aromatic carbocycles. The molecule has 4 N–H and O–H groups in total. The van der Waals surface area contributed by atoms with Crippen molar-refractivity contribution in [1.29, 1.82) is 0 Å². The van der Waals surface area contributed by atoms with Crippen LogP contribution in [0.1, 0.15) is 48.8 Å². The fraction of sp³-hybridized carbons (Fsp3) is 0.481. The van der Waals surface area contributed by atoms with Gasteiger partial charge in [-0.25, -0.2) is 4.39 Å². The van der Waals surface area contributed by atoms with Crippen molar-refractivity contribution in [3.05, 3.63) is 65.0 Å². The normalized spacial score (nSPS) is 21.2. The number of rotatable bonds is 5. The monoisotopic (exact) mass is 537 g/mol. The summed E-state index contributed by atoms with van der Waals surface area (Å²) in [4.78, 5) is 24.6. The van der Waals surface area contributed by atoms with Crippen LogP contribution in [0.3, 0.4) is 0 Å². The largest absolute Gasteiger partial charge is 0.493 e. The molecule has 1 aliphatic heterocycles. The Bertz CT molecular complexity index is 1150. The van der Waals surface area contributed by atoms with Gasteiger partial charge in [0.2, 0.25) is 11.8 Å². The van der Waals surface area contributed by atoms with Crippen molar-refractivity contribution in [3.8, 4) is 5.75 Å². The molecule has 7 nitrogen and oxygen atoms in total. The van der Waals surface area contributed by atoms with Gasteiger partial charge in [0, 0.05) is 24.6 Å². The minimum absolute atomic E-state index is 0.0355. The minimum atomic E-state index is -4.47. The van der Waals surface area contributed by atoms with E-state index in [9.17, 15) is 32.3 Å². The third-order valence-corrected chi connectivity index (χ3v) is 6.85. The molecule has 2 aliphatic rings. The van der Waals surface area contributed by atoms with Crippen molar-refractivity contribution < 1.29 is 37.0 Å². The summed E-state index contributed by atoms with van der Waals surface area (Å²) in [5.74, 6) is -1.04. The van der Waals surface area contributed by atoms with Gasteiger partial charge in [0.15, 0.2) is 0 Å². The highest BCUT2D eigenvalue weighted by Gasteiger charge is 2.45. The first kappa shape index (κ1) is 27.8. The highest BCUT2D eigenvalue weighted by Crippen LogP contribution is 2.46. The number of nitrogens with one attached hydrogen (secondary N) is 3. The van der Waals surface area contributed by atoms with Gasteiger partial charge in [0.25, 0.3) is 0 Å². The number of ether oxygens (including phenoxy) is 1. The number of hydrogen-bond acceptors (Lipinski definition) is 5. The van der Waals surface area contributed by atoms with Crippen molar-refractivity contribution >= 4 is 11.8 Å². The molecule has 2 bridgehead atoms. The van der Waals surface area contributed by atoms with Crippen LogP contribution < -0.4 is 20.7 Å². The maximum absolute atomic E-state index is 14.3. The smallest absolute Gasteiger partial charge is 0.416 e. The quantitative estimate of drug-likeness (QED) is 0.439. The molecular formula is C27H31F4N3O4. The summed E-state index contributed by atoms with van der Waals surface area (Å²) >= 11 is 0. The lowest BCUT2D eigenvalue weighted by Crippen LogP contribution is -2.52. The van der Waals surface area contributed by atoms with E-state index in [-0.39, 0.29) is 31.8 Å². The number of fused-ring (bicyclic) bond motifs is 2. The summed E-state index contributed by atoms with van der Waals surface area (Å²) < 4.78 is 59.5. The van der Waals surface area contributed by atoms with E-state index in [1.54, 1.807) is 12.1 Å². The zero-order valence-electron chi connectivity index (χ0n) is 20.7. The maximum Gasteiger partial charge on any atom is 0.416 e. The molecule has 0 spiro atoms. The molecule has 11 heteroatoms. The van der Waals surface area contributed by atoms with Gasteiger partial charge in [-0.1, -0.05) is 12.1 Å². The second kappa shape index (κ2) is 11.7. The molecule has 0 aromatic heterocycles. The molecule has 1 fully saturated rings. The number of alkyl halides is 3. The first-order valence-electron chi connectivity index (χ1n) is 12.6. The minimum Gasteiger partial charge on any atom is -0.493 e.